The summed E-state index contributed by atoms with van der Waals surface area (Å²) in [6, 6.07) is 12.3. The van der Waals surface area contributed by atoms with Gasteiger partial charge < -0.3 is 14.8 Å². The zero-order valence-electron chi connectivity index (χ0n) is 19.5. The van der Waals surface area contributed by atoms with Crippen LogP contribution in [0.15, 0.2) is 48.8 Å². The van der Waals surface area contributed by atoms with Gasteiger partial charge in [0.25, 0.3) is 5.91 Å². The van der Waals surface area contributed by atoms with E-state index in [2.05, 4.69) is 62.9 Å². The first-order chi connectivity index (χ1) is 16.2. The predicted molar refractivity (Wildman–Crippen MR) is 132 cm³/mol. The van der Waals surface area contributed by atoms with Gasteiger partial charge in [0.1, 0.15) is 5.69 Å². The third kappa shape index (κ3) is 4.25. The Balaban J connectivity index is 1.55. The van der Waals surface area contributed by atoms with Crippen LogP contribution in [0.3, 0.4) is 0 Å². The van der Waals surface area contributed by atoms with Crippen LogP contribution in [0.4, 0.5) is 0 Å². The Kier molecular flexibility index (Phi) is 6.13. The minimum Gasteiger partial charge on any atom is -0.351 e. The molecule has 4 aromatic rings. The second kappa shape index (κ2) is 9.35. The number of nitrogens with zero attached hydrogens (tertiary/aromatic N) is 5. The Hall–Kier alpha value is -3.19. The van der Waals surface area contributed by atoms with Crippen LogP contribution in [-0.2, 0) is 6.54 Å². The number of para-hydroxylation sites is 1. The summed E-state index contributed by atoms with van der Waals surface area (Å²) in [5, 5.41) is 4.26. The molecule has 1 N–H and O–H groups in total. The fourth-order valence-electron chi connectivity index (χ4n) is 4.67. The number of hydrogen-bond acceptors (Lipinski definition) is 4. The number of fused-ring (bicyclic) bond motifs is 3. The van der Waals surface area contributed by atoms with Gasteiger partial charge in [-0.05, 0) is 63.0 Å². The van der Waals surface area contributed by atoms with E-state index in [-0.39, 0.29) is 5.91 Å². The van der Waals surface area contributed by atoms with E-state index in [9.17, 15) is 4.79 Å². The summed E-state index contributed by atoms with van der Waals surface area (Å²) in [6.45, 7) is 9.00. The Labute approximate surface area is 194 Å². The molecule has 0 unspecified atom stereocenters. The lowest BCUT2D eigenvalue weighted by Gasteiger charge is -2.17. The molecular formula is C26H32N6O. The second-order valence-electron chi connectivity index (χ2n) is 8.86. The average molecular weight is 445 g/mol. The summed E-state index contributed by atoms with van der Waals surface area (Å²) in [6.07, 6.45) is 6.92. The molecule has 172 valence electrons. The van der Waals surface area contributed by atoms with Crippen LogP contribution in [0.1, 0.15) is 43.6 Å². The molecule has 1 aromatic carbocycles. The lowest BCUT2D eigenvalue weighted by atomic mass is 10.2. The highest BCUT2D eigenvalue weighted by Crippen LogP contribution is 2.37. The third-order valence-electron chi connectivity index (χ3n) is 6.67. The maximum absolute atomic E-state index is 13.4. The molecule has 0 atom stereocenters. The van der Waals surface area contributed by atoms with Crippen molar-refractivity contribution < 1.29 is 4.79 Å². The van der Waals surface area contributed by atoms with Crippen molar-refractivity contribution in [2.24, 2.45) is 5.92 Å². The summed E-state index contributed by atoms with van der Waals surface area (Å²) in [5.74, 6) is 1.16. The molecule has 3 heterocycles. The molecule has 1 fully saturated rings. The summed E-state index contributed by atoms with van der Waals surface area (Å²) in [4.78, 5) is 24.7. The van der Waals surface area contributed by atoms with E-state index in [1.165, 1.54) is 18.4 Å². The fraction of sp³-hybridized carbons (Fsp3) is 0.423. The van der Waals surface area contributed by atoms with Crippen LogP contribution in [0.2, 0.25) is 0 Å². The Morgan fingerprint density at radius 1 is 1.09 bits per heavy atom. The second-order valence-corrected chi connectivity index (χ2v) is 8.86. The number of hydrogen-bond donors (Lipinski definition) is 1. The van der Waals surface area contributed by atoms with Crippen molar-refractivity contribution in [3.63, 3.8) is 0 Å². The molecule has 33 heavy (non-hydrogen) atoms. The van der Waals surface area contributed by atoms with E-state index in [0.717, 1.165) is 54.9 Å². The third-order valence-corrected chi connectivity index (χ3v) is 6.67. The lowest BCUT2D eigenvalue weighted by molar-refractivity contribution is 0.0945. The van der Waals surface area contributed by atoms with Gasteiger partial charge in [-0.15, -0.1) is 0 Å². The average Bonchev–Trinajstić information content (AvgIpc) is 3.52. The van der Waals surface area contributed by atoms with Gasteiger partial charge in [-0.2, -0.15) is 0 Å². The Bertz CT molecular complexity index is 1250. The minimum absolute atomic E-state index is 0.0831. The van der Waals surface area contributed by atoms with Gasteiger partial charge in [-0.3, -0.25) is 9.36 Å². The molecule has 3 aromatic heterocycles. The topological polar surface area (TPSA) is 68.0 Å². The van der Waals surface area contributed by atoms with E-state index < -0.39 is 0 Å². The minimum atomic E-state index is -0.0831. The maximum atomic E-state index is 13.4. The highest BCUT2D eigenvalue weighted by atomic mass is 16.1. The molecule has 0 spiro atoms. The van der Waals surface area contributed by atoms with Crippen molar-refractivity contribution >= 4 is 27.8 Å². The Morgan fingerprint density at radius 3 is 2.58 bits per heavy atom. The van der Waals surface area contributed by atoms with Crippen molar-refractivity contribution in [1.82, 2.24) is 29.3 Å². The number of rotatable bonds is 10. The standard InChI is InChI=1S/C26H32N6O/c1-3-30(4-2)16-8-15-27-25(33)23-17-22-24(32(23)26-28-13-7-14-29-26)20-9-5-6-10-21(20)31(22)18-19-11-12-19/h5-7,9-10,13-14,17,19H,3-4,8,11-12,15-16,18H2,1-2H3,(H,27,33). The van der Waals surface area contributed by atoms with E-state index in [4.69, 9.17) is 0 Å². The van der Waals surface area contributed by atoms with E-state index in [1.807, 2.05) is 10.6 Å². The predicted octanol–water partition coefficient (Wildman–Crippen LogP) is 4.25. The molecule has 1 aliphatic rings. The summed E-state index contributed by atoms with van der Waals surface area (Å²) >= 11 is 0. The monoisotopic (exact) mass is 444 g/mol. The van der Waals surface area contributed by atoms with Gasteiger partial charge in [0.15, 0.2) is 0 Å². The van der Waals surface area contributed by atoms with Crippen molar-refractivity contribution in [3.05, 3.63) is 54.5 Å². The highest BCUT2D eigenvalue weighted by molar-refractivity contribution is 6.10. The molecular weight excluding hydrogens is 412 g/mol. The van der Waals surface area contributed by atoms with Crippen LogP contribution in [-0.4, -0.2) is 56.1 Å². The molecule has 7 heteroatoms. The van der Waals surface area contributed by atoms with Crippen molar-refractivity contribution in [1.29, 1.82) is 0 Å². The van der Waals surface area contributed by atoms with Gasteiger partial charge >= 0.3 is 0 Å². The van der Waals surface area contributed by atoms with Crippen molar-refractivity contribution in [2.45, 2.75) is 39.7 Å². The van der Waals surface area contributed by atoms with Crippen LogP contribution >= 0.6 is 0 Å². The number of amides is 1. The van der Waals surface area contributed by atoms with E-state index >= 15 is 0 Å². The molecule has 1 aliphatic carbocycles. The van der Waals surface area contributed by atoms with Crippen LogP contribution < -0.4 is 5.32 Å². The van der Waals surface area contributed by atoms with Gasteiger partial charge in [-0.25, -0.2) is 9.97 Å². The zero-order valence-corrected chi connectivity index (χ0v) is 19.5. The van der Waals surface area contributed by atoms with Gasteiger partial charge in [0.2, 0.25) is 5.95 Å². The zero-order chi connectivity index (χ0) is 22.8. The van der Waals surface area contributed by atoms with Gasteiger partial charge in [-0.1, -0.05) is 32.0 Å². The number of aromatic nitrogens is 4. The van der Waals surface area contributed by atoms with Gasteiger partial charge in [0.05, 0.1) is 16.6 Å². The molecule has 0 saturated heterocycles. The number of benzene rings is 1. The van der Waals surface area contributed by atoms with Crippen molar-refractivity contribution in [2.75, 3.05) is 26.2 Å². The molecule has 0 bridgehead atoms. The summed E-state index contributed by atoms with van der Waals surface area (Å²) in [5.41, 5.74) is 3.86. The van der Waals surface area contributed by atoms with Crippen LogP contribution in [0.25, 0.3) is 27.9 Å². The lowest BCUT2D eigenvalue weighted by Crippen LogP contribution is -2.31. The molecule has 1 saturated carbocycles. The SMILES string of the molecule is CCN(CC)CCCNC(=O)c1cc2c(c3ccccc3n2CC2CC2)n1-c1ncccn1. The first kappa shape index (κ1) is 21.6. The number of carbonyl (C=O) groups excluding carboxylic acids is 1. The molecule has 5 rings (SSSR count). The molecule has 1 amide bonds. The number of nitrogens with one attached hydrogen (secondary N) is 1. The smallest absolute Gasteiger partial charge is 0.268 e. The maximum Gasteiger partial charge on any atom is 0.268 e. The largest absolute Gasteiger partial charge is 0.351 e. The molecule has 7 nitrogen and oxygen atoms in total. The first-order valence-corrected chi connectivity index (χ1v) is 12.1. The summed E-state index contributed by atoms with van der Waals surface area (Å²) in [7, 11) is 0. The number of carbonyl (C=O) groups is 1. The quantitative estimate of drug-likeness (QED) is 0.372. The van der Waals surface area contributed by atoms with Gasteiger partial charge in [0, 0.05) is 30.9 Å². The highest BCUT2D eigenvalue weighted by Gasteiger charge is 2.27. The molecule has 0 radical (unpaired) electrons. The van der Waals surface area contributed by atoms with Crippen LogP contribution in [0.5, 0.6) is 0 Å². The normalized spacial score (nSPS) is 13.9. The van der Waals surface area contributed by atoms with E-state index in [1.54, 1.807) is 18.5 Å². The van der Waals surface area contributed by atoms with E-state index in [0.29, 0.717) is 18.2 Å². The summed E-state index contributed by atoms with van der Waals surface area (Å²) < 4.78 is 4.31. The first-order valence-electron chi connectivity index (χ1n) is 12.1. The van der Waals surface area contributed by atoms with Crippen molar-refractivity contribution in [3.8, 4) is 5.95 Å². The Morgan fingerprint density at radius 2 is 1.85 bits per heavy atom. The fourth-order valence-corrected chi connectivity index (χ4v) is 4.67. The van der Waals surface area contributed by atoms with Crippen LogP contribution in [0, 0.1) is 5.92 Å². The molecule has 0 aliphatic heterocycles.